The van der Waals surface area contributed by atoms with Gasteiger partial charge >= 0.3 is 6.03 Å². The first-order valence-electron chi connectivity index (χ1n) is 7.42. The average molecular weight is 387 g/mol. The summed E-state index contributed by atoms with van der Waals surface area (Å²) in [5, 5.41) is 14.5. The summed E-state index contributed by atoms with van der Waals surface area (Å²) in [7, 11) is 0. The number of aryl methyl sites for hydroxylation is 1. The van der Waals surface area contributed by atoms with Crippen LogP contribution in [-0.2, 0) is 0 Å². The van der Waals surface area contributed by atoms with Gasteiger partial charge in [0.25, 0.3) is 0 Å². The summed E-state index contributed by atoms with van der Waals surface area (Å²) in [6, 6.07) is 2.89. The number of amides is 2. The largest absolute Gasteiger partial charge is 0.323 e. The molecule has 0 aliphatic heterocycles. The first kappa shape index (κ1) is 16.4. The molecule has 0 radical (unpaired) electrons. The Bertz CT molecular complexity index is 1090. The molecular formula is C15H11ClN8OS. The first-order chi connectivity index (χ1) is 12.6. The quantitative estimate of drug-likeness (QED) is 0.559. The van der Waals surface area contributed by atoms with Crippen molar-refractivity contribution in [3.8, 4) is 5.82 Å². The topological polar surface area (TPSA) is 111 Å². The molecule has 2 amide bonds. The molecule has 0 saturated heterocycles. The number of rotatable bonds is 3. The van der Waals surface area contributed by atoms with E-state index in [2.05, 4.69) is 35.8 Å². The Labute approximate surface area is 156 Å². The molecule has 9 nitrogen and oxygen atoms in total. The van der Waals surface area contributed by atoms with E-state index in [0.29, 0.717) is 22.2 Å². The van der Waals surface area contributed by atoms with Crippen LogP contribution in [0.15, 0.2) is 36.9 Å². The molecular weight excluding hydrogens is 376 g/mol. The van der Waals surface area contributed by atoms with E-state index in [0.717, 1.165) is 15.4 Å². The summed E-state index contributed by atoms with van der Waals surface area (Å²) in [5.74, 6) is 0.371. The van der Waals surface area contributed by atoms with E-state index in [-0.39, 0.29) is 0 Å². The fourth-order valence-electron chi connectivity index (χ4n) is 2.26. The van der Waals surface area contributed by atoms with Gasteiger partial charge in [-0.15, -0.1) is 4.80 Å². The number of thiazole rings is 1. The molecule has 4 rings (SSSR count). The zero-order chi connectivity index (χ0) is 18.1. The van der Waals surface area contributed by atoms with E-state index >= 15 is 0 Å². The summed E-state index contributed by atoms with van der Waals surface area (Å²) < 4.78 is 0. The van der Waals surface area contributed by atoms with Gasteiger partial charge in [0.2, 0.25) is 0 Å². The molecule has 0 fully saturated rings. The zero-order valence-corrected chi connectivity index (χ0v) is 14.9. The number of pyridine rings is 2. The van der Waals surface area contributed by atoms with Crippen LogP contribution < -0.4 is 10.6 Å². The van der Waals surface area contributed by atoms with E-state index in [1.165, 1.54) is 34.7 Å². The van der Waals surface area contributed by atoms with Crippen LogP contribution in [0.1, 0.15) is 5.01 Å². The summed E-state index contributed by atoms with van der Waals surface area (Å²) in [4.78, 5) is 27.1. The highest BCUT2D eigenvalue weighted by atomic mass is 35.5. The number of aromatic nitrogens is 6. The molecule has 4 heterocycles. The highest BCUT2D eigenvalue weighted by molar-refractivity contribution is 7.18. The van der Waals surface area contributed by atoms with Crippen molar-refractivity contribution in [2.75, 3.05) is 10.6 Å². The molecule has 0 unspecified atom stereocenters. The number of carbonyl (C=O) groups excluding carboxylic acids is 1. The third kappa shape index (κ3) is 3.32. The third-order valence-electron chi connectivity index (χ3n) is 3.30. The number of anilines is 2. The normalized spacial score (nSPS) is 10.8. The van der Waals surface area contributed by atoms with Gasteiger partial charge in [-0.05, 0) is 19.1 Å². The minimum atomic E-state index is -0.444. The summed E-state index contributed by atoms with van der Waals surface area (Å²) >= 11 is 7.68. The van der Waals surface area contributed by atoms with Gasteiger partial charge in [-0.1, -0.05) is 22.9 Å². The number of hydrogen-bond donors (Lipinski definition) is 2. The Morgan fingerprint density at radius 1 is 1.12 bits per heavy atom. The van der Waals surface area contributed by atoms with Crippen molar-refractivity contribution in [2.45, 2.75) is 6.92 Å². The van der Waals surface area contributed by atoms with Gasteiger partial charge in [0, 0.05) is 0 Å². The summed E-state index contributed by atoms with van der Waals surface area (Å²) in [5.41, 5.74) is 1.71. The maximum Gasteiger partial charge on any atom is 0.323 e. The molecule has 130 valence electrons. The average Bonchev–Trinajstić information content (AvgIpc) is 3.23. The predicted octanol–water partition coefficient (Wildman–Crippen LogP) is 3.27. The lowest BCUT2D eigenvalue weighted by molar-refractivity contribution is 0.262. The second-order valence-electron chi connectivity index (χ2n) is 5.21. The van der Waals surface area contributed by atoms with Crippen LogP contribution in [0.25, 0.3) is 16.2 Å². The summed E-state index contributed by atoms with van der Waals surface area (Å²) in [6.45, 7) is 1.91. The molecule has 0 saturated carbocycles. The summed E-state index contributed by atoms with van der Waals surface area (Å²) in [6.07, 6.45) is 6.09. The lowest BCUT2D eigenvalue weighted by Crippen LogP contribution is -2.19. The molecule has 0 bridgehead atoms. The van der Waals surface area contributed by atoms with E-state index in [9.17, 15) is 4.79 Å². The van der Waals surface area contributed by atoms with Crippen LogP contribution in [0.2, 0.25) is 5.02 Å². The van der Waals surface area contributed by atoms with Crippen molar-refractivity contribution >= 4 is 50.7 Å². The van der Waals surface area contributed by atoms with Crippen molar-refractivity contribution in [2.24, 2.45) is 0 Å². The maximum absolute atomic E-state index is 12.2. The molecule has 0 spiro atoms. The molecule has 2 N–H and O–H groups in total. The van der Waals surface area contributed by atoms with Crippen molar-refractivity contribution in [3.63, 3.8) is 0 Å². The molecule has 0 aromatic carbocycles. The van der Waals surface area contributed by atoms with Crippen LogP contribution in [-0.4, -0.2) is 36.0 Å². The Morgan fingerprint density at radius 2 is 1.81 bits per heavy atom. The Morgan fingerprint density at radius 3 is 2.54 bits per heavy atom. The van der Waals surface area contributed by atoms with Crippen LogP contribution in [0, 0.1) is 6.92 Å². The van der Waals surface area contributed by atoms with E-state index in [1.54, 1.807) is 18.3 Å². The van der Waals surface area contributed by atoms with Crippen molar-refractivity contribution in [3.05, 3.63) is 47.0 Å². The van der Waals surface area contributed by atoms with Gasteiger partial charge < -0.3 is 10.6 Å². The SMILES string of the molecule is Cc1nc2cc(NC(=O)Nc3cnc(-n4nccn4)c(Cl)c3)cnc2s1. The van der Waals surface area contributed by atoms with Crippen LogP contribution >= 0.6 is 22.9 Å². The number of fused-ring (bicyclic) bond motifs is 1. The van der Waals surface area contributed by atoms with Crippen molar-refractivity contribution in [1.82, 2.24) is 29.9 Å². The van der Waals surface area contributed by atoms with Gasteiger partial charge in [-0.25, -0.2) is 19.7 Å². The molecule has 11 heteroatoms. The van der Waals surface area contributed by atoms with Gasteiger partial charge in [0.1, 0.15) is 10.3 Å². The minimum Gasteiger partial charge on any atom is -0.306 e. The number of carbonyl (C=O) groups is 1. The monoisotopic (exact) mass is 386 g/mol. The maximum atomic E-state index is 12.2. The molecule has 0 aliphatic rings. The van der Waals surface area contributed by atoms with Gasteiger partial charge in [-0.2, -0.15) is 10.2 Å². The lowest BCUT2D eigenvalue weighted by atomic mass is 10.4. The smallest absolute Gasteiger partial charge is 0.306 e. The van der Waals surface area contributed by atoms with Crippen molar-refractivity contribution < 1.29 is 4.79 Å². The fourth-order valence-corrected chi connectivity index (χ4v) is 3.25. The predicted molar refractivity (Wildman–Crippen MR) is 99.0 cm³/mol. The number of halogens is 1. The van der Waals surface area contributed by atoms with Crippen molar-refractivity contribution in [1.29, 1.82) is 0 Å². The van der Waals surface area contributed by atoms with E-state index in [4.69, 9.17) is 11.6 Å². The Balaban J connectivity index is 1.48. The number of hydrogen-bond acceptors (Lipinski definition) is 7. The highest BCUT2D eigenvalue weighted by Gasteiger charge is 2.10. The zero-order valence-electron chi connectivity index (χ0n) is 13.3. The molecule has 4 aromatic rings. The molecule has 26 heavy (non-hydrogen) atoms. The van der Waals surface area contributed by atoms with E-state index in [1.807, 2.05) is 6.92 Å². The number of urea groups is 1. The van der Waals surface area contributed by atoms with Crippen LogP contribution in [0.5, 0.6) is 0 Å². The molecule has 0 aliphatic carbocycles. The lowest BCUT2D eigenvalue weighted by Gasteiger charge is -2.08. The third-order valence-corrected chi connectivity index (χ3v) is 4.47. The van der Waals surface area contributed by atoms with Gasteiger partial charge in [-0.3, -0.25) is 0 Å². The van der Waals surface area contributed by atoms with Crippen LogP contribution in [0.3, 0.4) is 0 Å². The van der Waals surface area contributed by atoms with Crippen LogP contribution in [0.4, 0.5) is 16.2 Å². The standard InChI is InChI=1S/C15H11ClN8OS/c1-8-21-12-5-10(7-18-14(12)26-8)23-15(25)22-9-4-11(16)13(17-6-9)24-19-2-3-20-24/h2-7H,1H3,(H2,22,23,25). The Hall–Kier alpha value is -3.11. The van der Waals surface area contributed by atoms with E-state index < -0.39 is 6.03 Å². The first-order valence-corrected chi connectivity index (χ1v) is 8.61. The minimum absolute atomic E-state index is 0.306. The second kappa shape index (κ2) is 6.65. The van der Waals surface area contributed by atoms with Gasteiger partial charge in [0.15, 0.2) is 5.82 Å². The number of nitrogens with zero attached hydrogens (tertiary/aromatic N) is 6. The molecule has 4 aromatic heterocycles. The highest BCUT2D eigenvalue weighted by Crippen LogP contribution is 2.23. The second-order valence-corrected chi connectivity index (χ2v) is 6.80. The Kier molecular flexibility index (Phi) is 4.19. The van der Waals surface area contributed by atoms with Gasteiger partial charge in [0.05, 0.1) is 46.2 Å². The fraction of sp³-hybridized carbons (Fsp3) is 0.0667. The molecule has 0 atom stereocenters. The number of nitrogens with one attached hydrogen (secondary N) is 2.